The lowest BCUT2D eigenvalue weighted by Gasteiger charge is -2.14. The summed E-state index contributed by atoms with van der Waals surface area (Å²) in [5, 5.41) is 11.1. The van der Waals surface area contributed by atoms with Crippen molar-refractivity contribution in [1.82, 2.24) is 14.6 Å². The molecule has 11 heteroatoms. The Labute approximate surface area is 118 Å². The quantitative estimate of drug-likeness (QED) is 0.683. The number of hydrogen-bond acceptors (Lipinski definition) is 4. The average molecular weight is 329 g/mol. The third-order valence-corrected chi connectivity index (χ3v) is 3.98. The van der Waals surface area contributed by atoms with Crippen LogP contribution in [0.25, 0.3) is 0 Å². The highest BCUT2D eigenvalue weighted by atomic mass is 32.2. The Hall–Kier alpha value is -1.59. The van der Waals surface area contributed by atoms with Crippen LogP contribution in [-0.4, -0.2) is 49.9 Å². The Kier molecular flexibility index (Phi) is 5.02. The summed E-state index contributed by atoms with van der Waals surface area (Å²) < 4.78 is 62.8. The lowest BCUT2D eigenvalue weighted by molar-refractivity contribution is -0.200. The molecule has 21 heavy (non-hydrogen) atoms. The van der Waals surface area contributed by atoms with Crippen molar-refractivity contribution in [3.63, 3.8) is 0 Å². The van der Waals surface area contributed by atoms with E-state index in [4.69, 9.17) is 5.11 Å². The van der Waals surface area contributed by atoms with E-state index >= 15 is 0 Å². The number of rotatable bonds is 5. The van der Waals surface area contributed by atoms with Gasteiger partial charge in [0.25, 0.3) is 5.91 Å². The number of aliphatic hydroxyl groups excluding tert-OH is 1. The summed E-state index contributed by atoms with van der Waals surface area (Å²) >= 11 is 0. The predicted octanol–water partition coefficient (Wildman–Crippen LogP) is -0.414. The van der Waals surface area contributed by atoms with Gasteiger partial charge in [-0.05, 0) is 6.07 Å². The molecule has 1 amide bonds. The zero-order valence-electron chi connectivity index (χ0n) is 11.1. The van der Waals surface area contributed by atoms with Crippen LogP contribution in [0.3, 0.4) is 0 Å². The van der Waals surface area contributed by atoms with Crippen molar-refractivity contribution in [3.8, 4) is 0 Å². The smallest absolute Gasteiger partial charge is 0.382 e. The monoisotopic (exact) mass is 329 g/mol. The number of nitrogens with zero attached hydrogens (tertiary/aromatic N) is 1. The van der Waals surface area contributed by atoms with E-state index in [9.17, 15) is 26.4 Å². The molecule has 1 aromatic heterocycles. The molecule has 0 saturated carbocycles. The summed E-state index contributed by atoms with van der Waals surface area (Å²) in [5.74, 6) is -0.547. The first-order valence-corrected chi connectivity index (χ1v) is 7.10. The Morgan fingerprint density at radius 3 is 2.52 bits per heavy atom. The molecule has 1 atom stereocenters. The number of aliphatic hydroxyl groups is 1. The molecule has 0 aromatic carbocycles. The number of carbonyl (C=O) groups is 1. The van der Waals surface area contributed by atoms with Crippen molar-refractivity contribution in [2.24, 2.45) is 7.05 Å². The number of halogens is 3. The van der Waals surface area contributed by atoms with Crippen molar-refractivity contribution in [2.45, 2.75) is 17.2 Å². The molecule has 7 nitrogen and oxygen atoms in total. The summed E-state index contributed by atoms with van der Waals surface area (Å²) in [7, 11) is -1.51. The lowest BCUT2D eigenvalue weighted by atomic mass is 10.4. The van der Waals surface area contributed by atoms with E-state index in [0.717, 1.165) is 12.3 Å². The van der Waals surface area contributed by atoms with Crippen molar-refractivity contribution in [1.29, 1.82) is 0 Å². The van der Waals surface area contributed by atoms with Gasteiger partial charge in [-0.25, -0.2) is 13.1 Å². The highest BCUT2D eigenvalue weighted by molar-refractivity contribution is 7.89. The van der Waals surface area contributed by atoms with Crippen LogP contribution < -0.4 is 10.0 Å². The minimum Gasteiger partial charge on any atom is -0.382 e. The normalized spacial score (nSPS) is 14.0. The third kappa shape index (κ3) is 4.19. The number of nitrogens with one attached hydrogen (secondary N) is 2. The molecular weight excluding hydrogens is 315 g/mol. The van der Waals surface area contributed by atoms with Crippen LogP contribution in [0.5, 0.6) is 0 Å². The van der Waals surface area contributed by atoms with Gasteiger partial charge in [-0.15, -0.1) is 0 Å². The van der Waals surface area contributed by atoms with Crippen LogP contribution in [0.15, 0.2) is 17.2 Å². The maximum Gasteiger partial charge on any atom is 0.415 e. The van der Waals surface area contributed by atoms with Gasteiger partial charge in [-0.2, -0.15) is 13.2 Å². The molecule has 0 fully saturated rings. The van der Waals surface area contributed by atoms with Crippen LogP contribution in [0, 0.1) is 0 Å². The molecule has 0 bridgehead atoms. The Balaban J connectivity index is 2.92. The Bertz CT molecular complexity index is 624. The van der Waals surface area contributed by atoms with Gasteiger partial charge in [-0.3, -0.25) is 4.79 Å². The van der Waals surface area contributed by atoms with Gasteiger partial charge >= 0.3 is 6.18 Å². The first kappa shape index (κ1) is 17.5. The van der Waals surface area contributed by atoms with Crippen LogP contribution in [0.4, 0.5) is 13.2 Å². The number of amides is 1. The van der Waals surface area contributed by atoms with Crippen molar-refractivity contribution < 1.29 is 31.5 Å². The van der Waals surface area contributed by atoms with E-state index in [0.29, 0.717) is 0 Å². The van der Waals surface area contributed by atoms with Crippen LogP contribution >= 0.6 is 0 Å². The van der Waals surface area contributed by atoms with Gasteiger partial charge in [-0.1, -0.05) is 0 Å². The molecule has 1 rings (SSSR count). The number of aromatic nitrogens is 1. The average Bonchev–Trinajstić information content (AvgIpc) is 2.77. The summed E-state index contributed by atoms with van der Waals surface area (Å²) in [6.45, 7) is -1.21. The van der Waals surface area contributed by atoms with E-state index in [1.807, 2.05) is 0 Å². The first-order valence-electron chi connectivity index (χ1n) is 5.62. The zero-order chi connectivity index (χ0) is 16.4. The maximum atomic E-state index is 12.1. The molecule has 0 spiro atoms. The fourth-order valence-electron chi connectivity index (χ4n) is 1.42. The molecule has 0 aliphatic rings. The minimum absolute atomic E-state index is 0.0224. The van der Waals surface area contributed by atoms with Gasteiger partial charge in [0.2, 0.25) is 10.0 Å². The number of carbonyl (C=O) groups excluding carboxylic acids is 1. The van der Waals surface area contributed by atoms with Crippen molar-refractivity contribution >= 4 is 15.9 Å². The van der Waals surface area contributed by atoms with Gasteiger partial charge in [0.15, 0.2) is 6.10 Å². The fraction of sp³-hybridized carbons (Fsp3) is 0.500. The molecular formula is C10H14F3N3O4S. The molecule has 0 radical (unpaired) electrons. The van der Waals surface area contributed by atoms with Crippen molar-refractivity contribution in [3.05, 3.63) is 18.0 Å². The second-order valence-electron chi connectivity index (χ2n) is 4.16. The summed E-state index contributed by atoms with van der Waals surface area (Å²) in [6.07, 6.45) is -6.66. The fourth-order valence-corrected chi connectivity index (χ4v) is 2.53. The second kappa shape index (κ2) is 6.03. The Morgan fingerprint density at radius 2 is 2.05 bits per heavy atom. The Morgan fingerprint density at radius 1 is 1.48 bits per heavy atom. The number of sulfonamides is 1. The topological polar surface area (TPSA) is 100 Å². The van der Waals surface area contributed by atoms with Gasteiger partial charge in [0, 0.05) is 26.8 Å². The van der Waals surface area contributed by atoms with Crippen LogP contribution in [0.1, 0.15) is 10.5 Å². The number of aryl methyl sites for hydroxylation is 1. The molecule has 0 saturated heterocycles. The predicted molar refractivity (Wildman–Crippen MR) is 66.1 cm³/mol. The van der Waals surface area contributed by atoms with E-state index in [-0.39, 0.29) is 10.6 Å². The van der Waals surface area contributed by atoms with Gasteiger partial charge in [0.05, 0.1) is 0 Å². The van der Waals surface area contributed by atoms with Crippen molar-refractivity contribution in [2.75, 3.05) is 13.6 Å². The summed E-state index contributed by atoms with van der Waals surface area (Å²) in [5.41, 5.74) is 0.0224. The molecule has 1 unspecified atom stereocenters. The molecule has 0 aliphatic carbocycles. The van der Waals surface area contributed by atoms with Gasteiger partial charge in [0.1, 0.15) is 10.6 Å². The first-order chi connectivity index (χ1) is 9.49. The zero-order valence-corrected chi connectivity index (χ0v) is 11.9. The van der Waals surface area contributed by atoms with E-state index in [1.54, 1.807) is 4.72 Å². The van der Waals surface area contributed by atoms with E-state index < -0.39 is 34.8 Å². The maximum absolute atomic E-state index is 12.1. The lowest BCUT2D eigenvalue weighted by Crippen LogP contribution is -2.40. The van der Waals surface area contributed by atoms with E-state index in [1.165, 1.54) is 18.7 Å². The third-order valence-electron chi connectivity index (χ3n) is 2.59. The molecule has 0 aliphatic heterocycles. The second-order valence-corrected chi connectivity index (χ2v) is 5.93. The molecule has 120 valence electrons. The highest BCUT2D eigenvalue weighted by Gasteiger charge is 2.38. The molecule has 3 N–H and O–H groups in total. The van der Waals surface area contributed by atoms with Gasteiger partial charge < -0.3 is 15.0 Å². The summed E-state index contributed by atoms with van der Waals surface area (Å²) in [4.78, 5) is 11.1. The largest absolute Gasteiger partial charge is 0.415 e. The molecule has 1 aromatic rings. The van der Waals surface area contributed by atoms with Crippen LogP contribution in [-0.2, 0) is 17.1 Å². The number of hydrogen-bond donors (Lipinski definition) is 3. The standard InChI is InChI=1S/C10H14F3N3O4S/c1-14-9(18)7-3-6(5-16(7)2)21(19,20)15-4-8(17)10(11,12)13/h3,5,8,15,17H,4H2,1-2H3,(H,14,18). The number of alkyl halides is 3. The highest BCUT2D eigenvalue weighted by Crippen LogP contribution is 2.20. The minimum atomic E-state index is -4.92. The summed E-state index contributed by atoms with van der Waals surface area (Å²) in [6, 6.07) is 1.02. The molecule has 1 heterocycles. The SMILES string of the molecule is CNC(=O)c1cc(S(=O)(=O)NCC(O)C(F)(F)F)cn1C. The van der Waals surface area contributed by atoms with E-state index in [2.05, 4.69) is 5.32 Å². The van der Waals surface area contributed by atoms with Crippen LogP contribution in [0.2, 0.25) is 0 Å².